The van der Waals surface area contributed by atoms with Crippen LogP contribution in [0.2, 0.25) is 0 Å². The summed E-state index contributed by atoms with van der Waals surface area (Å²) in [5, 5.41) is 0. The molecule has 0 unspecified atom stereocenters. The van der Waals surface area contributed by atoms with Gasteiger partial charge in [-0.25, -0.2) is 4.79 Å². The minimum Gasteiger partial charge on any atom is -0.351 e. The second-order valence-corrected chi connectivity index (χ2v) is 8.43. The van der Waals surface area contributed by atoms with Crippen LogP contribution in [-0.2, 0) is 16.1 Å². The molecule has 1 aromatic rings. The van der Waals surface area contributed by atoms with Crippen molar-refractivity contribution in [3.63, 3.8) is 0 Å². The van der Waals surface area contributed by atoms with Crippen LogP contribution in [0.4, 0.5) is 4.79 Å². The minimum atomic E-state index is -0.512. The lowest BCUT2D eigenvalue weighted by molar-refractivity contribution is -0.137. The summed E-state index contributed by atoms with van der Waals surface area (Å²) in [6, 6.07) is 9.14. The molecule has 3 aliphatic heterocycles. The summed E-state index contributed by atoms with van der Waals surface area (Å²) in [4.78, 5) is 42.3. The number of amides is 4. The van der Waals surface area contributed by atoms with Gasteiger partial charge >= 0.3 is 6.03 Å². The quantitative estimate of drug-likeness (QED) is 0.858. The fraction of sp³-hybridized carbons (Fsp3) is 0.571. The lowest BCUT2D eigenvalue weighted by atomic mass is 9.77. The number of carbonyl (C=O) groups excluding carboxylic acids is 3. The van der Waals surface area contributed by atoms with Crippen LogP contribution in [0.5, 0.6) is 0 Å². The van der Waals surface area contributed by atoms with Crippen LogP contribution in [0.3, 0.4) is 0 Å². The molecule has 3 fully saturated rings. The van der Waals surface area contributed by atoms with Crippen molar-refractivity contribution in [2.45, 2.75) is 44.7 Å². The van der Waals surface area contributed by atoms with E-state index in [4.69, 9.17) is 5.73 Å². The predicted molar refractivity (Wildman–Crippen MR) is 104 cm³/mol. The summed E-state index contributed by atoms with van der Waals surface area (Å²) in [5.41, 5.74) is 6.54. The van der Waals surface area contributed by atoms with E-state index in [1.54, 1.807) is 0 Å². The lowest BCUT2D eigenvalue weighted by Crippen LogP contribution is -2.52. The zero-order valence-electron chi connectivity index (χ0n) is 16.2. The number of carbonyl (C=O) groups is 3. The number of likely N-dealkylation sites (tertiary alicyclic amines) is 3. The maximum absolute atomic E-state index is 12.9. The molecule has 0 saturated carbocycles. The molecule has 0 aliphatic carbocycles. The van der Waals surface area contributed by atoms with Crippen LogP contribution >= 0.6 is 0 Å². The summed E-state index contributed by atoms with van der Waals surface area (Å²) in [6.45, 7) is 3.27. The van der Waals surface area contributed by atoms with Crippen LogP contribution in [-0.4, -0.2) is 64.8 Å². The van der Waals surface area contributed by atoms with E-state index in [-0.39, 0.29) is 17.2 Å². The first-order chi connectivity index (χ1) is 13.5. The summed E-state index contributed by atoms with van der Waals surface area (Å²) >= 11 is 0. The second-order valence-electron chi connectivity index (χ2n) is 8.43. The molecule has 3 aliphatic rings. The maximum atomic E-state index is 12.9. The first-order valence-corrected chi connectivity index (χ1v) is 10.1. The Morgan fingerprint density at radius 2 is 1.82 bits per heavy atom. The Kier molecular flexibility index (Phi) is 5.00. The first-order valence-electron chi connectivity index (χ1n) is 10.1. The average molecular weight is 384 g/mol. The van der Waals surface area contributed by atoms with Crippen LogP contribution in [0, 0.1) is 5.41 Å². The van der Waals surface area contributed by atoms with Crippen molar-refractivity contribution in [1.82, 2.24) is 14.7 Å². The highest BCUT2D eigenvalue weighted by Gasteiger charge is 2.46. The molecule has 0 aromatic heterocycles. The third kappa shape index (κ3) is 3.57. The monoisotopic (exact) mass is 384 g/mol. The van der Waals surface area contributed by atoms with E-state index >= 15 is 0 Å². The summed E-state index contributed by atoms with van der Waals surface area (Å²) in [7, 11) is 0. The Morgan fingerprint density at radius 1 is 1.11 bits per heavy atom. The molecule has 7 heteroatoms. The SMILES string of the molecule is NC(=O)N1CCC[C@H]1C(=O)N1CCC2(CC1)CC(=O)N(Cc1ccccc1)C2. The summed E-state index contributed by atoms with van der Waals surface area (Å²) in [5.74, 6) is 0.218. The van der Waals surface area contributed by atoms with Crippen molar-refractivity contribution in [2.24, 2.45) is 11.1 Å². The number of urea groups is 1. The molecule has 1 atom stereocenters. The normalized spacial score (nSPS) is 24.2. The highest BCUT2D eigenvalue weighted by Crippen LogP contribution is 2.41. The van der Waals surface area contributed by atoms with Gasteiger partial charge in [0.15, 0.2) is 0 Å². The van der Waals surface area contributed by atoms with Gasteiger partial charge in [0.05, 0.1) is 0 Å². The van der Waals surface area contributed by atoms with E-state index < -0.39 is 12.1 Å². The van der Waals surface area contributed by atoms with Crippen molar-refractivity contribution in [3.05, 3.63) is 35.9 Å². The zero-order chi connectivity index (χ0) is 19.7. The Labute approximate surface area is 165 Å². The third-order valence-corrected chi connectivity index (χ3v) is 6.58. The number of primary amides is 1. The number of piperidine rings is 1. The van der Waals surface area contributed by atoms with Crippen molar-refractivity contribution in [2.75, 3.05) is 26.2 Å². The Bertz CT molecular complexity index is 758. The smallest absolute Gasteiger partial charge is 0.315 e. The van der Waals surface area contributed by atoms with Gasteiger partial charge in [-0.3, -0.25) is 9.59 Å². The molecule has 1 spiro atoms. The van der Waals surface area contributed by atoms with E-state index in [0.29, 0.717) is 39.0 Å². The van der Waals surface area contributed by atoms with Crippen LogP contribution < -0.4 is 5.73 Å². The van der Waals surface area contributed by atoms with Gasteiger partial charge in [-0.2, -0.15) is 0 Å². The third-order valence-electron chi connectivity index (χ3n) is 6.58. The van der Waals surface area contributed by atoms with Gasteiger partial charge in [0.25, 0.3) is 0 Å². The van der Waals surface area contributed by atoms with E-state index in [2.05, 4.69) is 0 Å². The number of hydrogen-bond acceptors (Lipinski definition) is 3. The van der Waals surface area contributed by atoms with Gasteiger partial charge in [-0.15, -0.1) is 0 Å². The van der Waals surface area contributed by atoms with Crippen LogP contribution in [0.1, 0.15) is 37.7 Å². The van der Waals surface area contributed by atoms with Gasteiger partial charge < -0.3 is 20.4 Å². The predicted octanol–water partition coefficient (Wildman–Crippen LogP) is 1.57. The number of rotatable bonds is 3. The number of nitrogens with two attached hydrogens (primary N) is 1. The fourth-order valence-electron chi connectivity index (χ4n) is 4.96. The van der Waals surface area contributed by atoms with Gasteiger partial charge in [0.1, 0.15) is 6.04 Å². The minimum absolute atomic E-state index is 0.0108. The Balaban J connectivity index is 1.35. The number of nitrogens with zero attached hydrogens (tertiary/aromatic N) is 3. The van der Waals surface area contributed by atoms with Crippen molar-refractivity contribution in [1.29, 1.82) is 0 Å². The molecule has 1 aromatic carbocycles. The zero-order valence-corrected chi connectivity index (χ0v) is 16.2. The fourth-order valence-corrected chi connectivity index (χ4v) is 4.96. The molecule has 0 bridgehead atoms. The lowest BCUT2D eigenvalue weighted by Gasteiger charge is -2.40. The molecular weight excluding hydrogens is 356 g/mol. The Hall–Kier alpha value is -2.57. The van der Waals surface area contributed by atoms with Gasteiger partial charge in [0, 0.05) is 44.6 Å². The van der Waals surface area contributed by atoms with Crippen LogP contribution in [0.15, 0.2) is 30.3 Å². The molecular formula is C21H28N4O3. The highest BCUT2D eigenvalue weighted by atomic mass is 16.2. The van der Waals surface area contributed by atoms with Crippen molar-refractivity contribution < 1.29 is 14.4 Å². The maximum Gasteiger partial charge on any atom is 0.315 e. The van der Waals surface area contributed by atoms with Gasteiger partial charge in [-0.1, -0.05) is 30.3 Å². The molecule has 0 radical (unpaired) electrons. The van der Waals surface area contributed by atoms with Crippen molar-refractivity contribution in [3.8, 4) is 0 Å². The van der Waals surface area contributed by atoms with Gasteiger partial charge in [-0.05, 0) is 31.2 Å². The molecule has 7 nitrogen and oxygen atoms in total. The molecule has 28 heavy (non-hydrogen) atoms. The van der Waals surface area contributed by atoms with E-state index in [0.717, 1.165) is 31.4 Å². The summed E-state index contributed by atoms with van der Waals surface area (Å²) < 4.78 is 0. The van der Waals surface area contributed by atoms with Crippen LogP contribution in [0.25, 0.3) is 0 Å². The van der Waals surface area contributed by atoms with E-state index in [1.165, 1.54) is 4.90 Å². The average Bonchev–Trinajstić information content (AvgIpc) is 3.28. The Morgan fingerprint density at radius 3 is 2.50 bits per heavy atom. The molecule has 3 heterocycles. The highest BCUT2D eigenvalue weighted by molar-refractivity contribution is 5.87. The van der Waals surface area contributed by atoms with Gasteiger partial charge in [0.2, 0.25) is 11.8 Å². The first kappa shape index (κ1) is 18.8. The molecule has 2 N–H and O–H groups in total. The molecule has 150 valence electrons. The molecule has 4 rings (SSSR count). The molecule has 4 amide bonds. The summed E-state index contributed by atoms with van der Waals surface area (Å²) in [6.07, 6.45) is 3.74. The molecule has 3 saturated heterocycles. The van der Waals surface area contributed by atoms with E-state index in [1.807, 2.05) is 40.1 Å². The standard InChI is InChI=1S/C21H28N4O3/c22-20(28)25-10-4-7-17(25)19(27)23-11-8-21(9-12-23)13-18(26)24(15-21)14-16-5-2-1-3-6-16/h1-3,5-6,17H,4,7-15H2,(H2,22,28)/t17-/m0/s1. The van der Waals surface area contributed by atoms with Crippen molar-refractivity contribution >= 4 is 17.8 Å². The second kappa shape index (κ2) is 7.45. The van der Waals surface area contributed by atoms with E-state index in [9.17, 15) is 14.4 Å². The largest absolute Gasteiger partial charge is 0.351 e. The number of hydrogen-bond donors (Lipinski definition) is 1. The topological polar surface area (TPSA) is 87.0 Å². The number of benzene rings is 1.